The number of hydrogen-bond donors (Lipinski definition) is 2. The normalized spacial score (nSPS) is 16.4. The van der Waals surface area contributed by atoms with Gasteiger partial charge in [0.15, 0.2) is 0 Å². The maximum Gasteiger partial charge on any atom is 0.259 e. The number of H-pyrrole nitrogens is 1. The summed E-state index contributed by atoms with van der Waals surface area (Å²) in [6, 6.07) is 15.8. The van der Waals surface area contributed by atoms with E-state index in [2.05, 4.69) is 20.7 Å². The van der Waals surface area contributed by atoms with Crippen LogP contribution in [0.25, 0.3) is 11.3 Å². The number of aromatic nitrogens is 2. The average Bonchev–Trinajstić information content (AvgIpc) is 3.36. The number of carbonyl (C=O) groups is 2. The van der Waals surface area contributed by atoms with Crippen molar-refractivity contribution in [2.24, 2.45) is 5.10 Å². The van der Waals surface area contributed by atoms with Crippen molar-refractivity contribution in [2.75, 3.05) is 13.1 Å². The lowest BCUT2D eigenvalue weighted by Gasteiger charge is -2.15. The van der Waals surface area contributed by atoms with Crippen molar-refractivity contribution in [3.8, 4) is 11.3 Å². The molecule has 3 aromatic rings. The molecule has 2 aromatic carbocycles. The number of halogens is 1. The van der Waals surface area contributed by atoms with Gasteiger partial charge >= 0.3 is 0 Å². The van der Waals surface area contributed by atoms with Gasteiger partial charge in [-0.25, -0.2) is 9.82 Å². The van der Waals surface area contributed by atoms with E-state index in [0.29, 0.717) is 24.2 Å². The van der Waals surface area contributed by atoms with E-state index in [4.69, 9.17) is 0 Å². The van der Waals surface area contributed by atoms with E-state index in [1.807, 2.05) is 30.3 Å². The van der Waals surface area contributed by atoms with Crippen LogP contribution in [0.5, 0.6) is 0 Å². The van der Waals surface area contributed by atoms with Crippen molar-refractivity contribution in [3.05, 3.63) is 77.7 Å². The predicted molar refractivity (Wildman–Crippen MR) is 110 cm³/mol. The Balaban J connectivity index is 1.33. The van der Waals surface area contributed by atoms with Crippen molar-refractivity contribution in [1.82, 2.24) is 20.5 Å². The molecule has 2 amide bonds. The summed E-state index contributed by atoms with van der Waals surface area (Å²) in [5.41, 5.74) is 5.59. The molecule has 2 N–H and O–H groups in total. The highest BCUT2D eigenvalue weighted by Crippen LogP contribution is 2.27. The first kappa shape index (κ1) is 19.5. The van der Waals surface area contributed by atoms with Gasteiger partial charge in [0.05, 0.1) is 18.1 Å². The first-order chi connectivity index (χ1) is 14.6. The molecule has 0 aliphatic carbocycles. The fourth-order valence-electron chi connectivity index (χ4n) is 3.50. The van der Waals surface area contributed by atoms with E-state index in [-0.39, 0.29) is 30.1 Å². The molecule has 8 heteroatoms. The van der Waals surface area contributed by atoms with Crippen LogP contribution in [-0.4, -0.2) is 46.2 Å². The number of rotatable bonds is 6. The Morgan fingerprint density at radius 3 is 2.77 bits per heavy atom. The van der Waals surface area contributed by atoms with E-state index in [1.165, 1.54) is 18.3 Å². The van der Waals surface area contributed by atoms with Crippen molar-refractivity contribution >= 4 is 18.0 Å². The van der Waals surface area contributed by atoms with Crippen LogP contribution in [-0.2, 0) is 9.59 Å². The molecule has 1 fully saturated rings. The van der Waals surface area contributed by atoms with Gasteiger partial charge in [-0.1, -0.05) is 30.3 Å². The number of hydrogen-bond acceptors (Lipinski definition) is 4. The van der Waals surface area contributed by atoms with Crippen molar-refractivity contribution in [3.63, 3.8) is 0 Å². The van der Waals surface area contributed by atoms with Gasteiger partial charge in [0.1, 0.15) is 12.4 Å². The molecular weight excluding hydrogens is 385 g/mol. The first-order valence-electron chi connectivity index (χ1n) is 9.54. The second-order valence-corrected chi connectivity index (χ2v) is 7.09. The van der Waals surface area contributed by atoms with Gasteiger partial charge in [0.25, 0.3) is 5.91 Å². The molecule has 7 nitrogen and oxygen atoms in total. The molecule has 0 radical (unpaired) electrons. The smallest absolute Gasteiger partial charge is 0.259 e. The Morgan fingerprint density at radius 2 is 2.00 bits per heavy atom. The SMILES string of the molecule is O=C(CN1C[C@H](c2ccccc2)CC1=O)N/N=C\c1cn[nH]c1-c1ccc(F)cc1. The van der Waals surface area contributed by atoms with Crippen LogP contribution < -0.4 is 5.43 Å². The fraction of sp³-hybridized carbons (Fsp3) is 0.182. The number of carbonyl (C=O) groups excluding carboxylic acids is 2. The van der Waals surface area contributed by atoms with E-state index in [0.717, 1.165) is 11.1 Å². The van der Waals surface area contributed by atoms with Gasteiger partial charge in [0, 0.05) is 30.0 Å². The summed E-state index contributed by atoms with van der Waals surface area (Å²) in [4.78, 5) is 26.0. The Hall–Kier alpha value is -3.81. The molecule has 1 aliphatic rings. The van der Waals surface area contributed by atoms with Gasteiger partial charge in [-0.2, -0.15) is 10.2 Å². The number of aromatic amines is 1. The fourth-order valence-corrected chi connectivity index (χ4v) is 3.50. The minimum atomic E-state index is -0.375. The molecule has 152 valence electrons. The summed E-state index contributed by atoms with van der Waals surface area (Å²) >= 11 is 0. The molecule has 30 heavy (non-hydrogen) atoms. The second-order valence-electron chi connectivity index (χ2n) is 7.09. The summed E-state index contributed by atoms with van der Waals surface area (Å²) in [6.07, 6.45) is 3.41. The summed E-state index contributed by atoms with van der Waals surface area (Å²) < 4.78 is 13.1. The molecule has 1 atom stereocenters. The highest BCUT2D eigenvalue weighted by Gasteiger charge is 2.31. The number of nitrogens with one attached hydrogen (secondary N) is 2. The van der Waals surface area contributed by atoms with Crippen molar-refractivity contribution < 1.29 is 14.0 Å². The third kappa shape index (κ3) is 4.43. The lowest BCUT2D eigenvalue weighted by atomic mass is 9.99. The standard InChI is InChI=1S/C22H20FN5O2/c23-19-8-6-16(7-9-19)22-18(12-25-27-22)11-24-26-20(29)14-28-13-17(10-21(28)30)15-4-2-1-3-5-15/h1-9,11-12,17H,10,13-14H2,(H,25,27)(H,26,29)/b24-11-/t17-/m1/s1. The van der Waals surface area contributed by atoms with Gasteiger partial charge < -0.3 is 4.90 Å². The highest BCUT2D eigenvalue weighted by atomic mass is 19.1. The Labute approximate surface area is 172 Å². The largest absolute Gasteiger partial charge is 0.333 e. The van der Waals surface area contributed by atoms with Crippen molar-refractivity contribution in [2.45, 2.75) is 12.3 Å². The number of nitrogens with zero attached hydrogens (tertiary/aromatic N) is 3. The number of amides is 2. The third-order valence-electron chi connectivity index (χ3n) is 5.01. The van der Waals surface area contributed by atoms with Crippen LogP contribution in [0, 0.1) is 5.82 Å². The molecule has 1 saturated heterocycles. The molecule has 0 bridgehead atoms. The van der Waals surface area contributed by atoms with Crippen LogP contribution in [0.3, 0.4) is 0 Å². The van der Waals surface area contributed by atoms with E-state index >= 15 is 0 Å². The van der Waals surface area contributed by atoms with E-state index in [1.54, 1.807) is 23.2 Å². The number of hydrazone groups is 1. The van der Waals surface area contributed by atoms with Gasteiger partial charge in [-0.15, -0.1) is 0 Å². The van der Waals surface area contributed by atoms with Crippen LogP contribution in [0.2, 0.25) is 0 Å². The topological polar surface area (TPSA) is 90.4 Å². The monoisotopic (exact) mass is 405 g/mol. The second kappa shape index (κ2) is 8.69. The van der Waals surface area contributed by atoms with E-state index in [9.17, 15) is 14.0 Å². The molecule has 2 heterocycles. The molecule has 0 spiro atoms. The average molecular weight is 405 g/mol. The van der Waals surface area contributed by atoms with Gasteiger partial charge in [0.2, 0.25) is 5.91 Å². The quantitative estimate of drug-likeness (QED) is 0.488. The van der Waals surface area contributed by atoms with Gasteiger partial charge in [-0.05, 0) is 29.8 Å². The Morgan fingerprint density at radius 1 is 1.23 bits per heavy atom. The lowest BCUT2D eigenvalue weighted by molar-refractivity contribution is -0.133. The van der Waals surface area contributed by atoms with Crippen molar-refractivity contribution in [1.29, 1.82) is 0 Å². The number of benzene rings is 2. The maximum atomic E-state index is 13.1. The minimum absolute atomic E-state index is 0.0450. The minimum Gasteiger partial charge on any atom is -0.333 e. The van der Waals surface area contributed by atoms with Crippen LogP contribution >= 0.6 is 0 Å². The summed E-state index contributed by atoms with van der Waals surface area (Å²) in [5, 5.41) is 10.8. The molecule has 0 unspecified atom stereocenters. The summed E-state index contributed by atoms with van der Waals surface area (Å²) in [7, 11) is 0. The lowest BCUT2D eigenvalue weighted by Crippen LogP contribution is -2.36. The molecule has 4 rings (SSSR count). The first-order valence-corrected chi connectivity index (χ1v) is 9.54. The van der Waals surface area contributed by atoms with Crippen LogP contribution in [0.1, 0.15) is 23.5 Å². The highest BCUT2D eigenvalue weighted by molar-refractivity contribution is 5.90. The zero-order valence-electron chi connectivity index (χ0n) is 16.1. The van der Waals surface area contributed by atoms with Crippen LogP contribution in [0.4, 0.5) is 4.39 Å². The Bertz CT molecular complexity index is 1060. The molecule has 1 aliphatic heterocycles. The summed E-state index contributed by atoms with van der Waals surface area (Å²) in [5.74, 6) is -0.650. The molecule has 0 saturated carbocycles. The number of likely N-dealkylation sites (tertiary alicyclic amines) is 1. The Kier molecular flexibility index (Phi) is 5.65. The van der Waals surface area contributed by atoms with Crippen LogP contribution in [0.15, 0.2) is 65.9 Å². The van der Waals surface area contributed by atoms with Gasteiger partial charge in [-0.3, -0.25) is 14.7 Å². The zero-order chi connectivity index (χ0) is 20.9. The summed E-state index contributed by atoms with van der Waals surface area (Å²) in [6.45, 7) is 0.464. The predicted octanol–water partition coefficient (Wildman–Crippen LogP) is 2.68. The third-order valence-corrected chi connectivity index (χ3v) is 5.01. The molecule has 1 aromatic heterocycles. The van der Waals surface area contributed by atoms with E-state index < -0.39 is 0 Å². The maximum absolute atomic E-state index is 13.1. The molecular formula is C22H20FN5O2. The zero-order valence-corrected chi connectivity index (χ0v) is 16.1.